The molecule has 4 heteroatoms. The van der Waals surface area contributed by atoms with Gasteiger partial charge in [-0.1, -0.05) is 23.7 Å². The second-order valence-electron chi connectivity index (χ2n) is 3.51. The predicted octanol–water partition coefficient (Wildman–Crippen LogP) is 3.93. The van der Waals surface area contributed by atoms with E-state index in [1.807, 2.05) is 18.4 Å². The second kappa shape index (κ2) is 4.53. The average Bonchev–Trinajstić information content (AvgIpc) is 2.68. The molecule has 1 N–H and O–H groups in total. The number of aliphatic hydroxyl groups excluding tert-OH is 1. The van der Waals surface area contributed by atoms with Gasteiger partial charge in [0, 0.05) is 10.4 Å². The van der Waals surface area contributed by atoms with Crippen molar-refractivity contribution in [3.63, 3.8) is 0 Å². The molecule has 0 radical (unpaired) electrons. The van der Waals surface area contributed by atoms with E-state index in [1.165, 1.54) is 17.4 Å². The Kier molecular flexibility index (Phi) is 3.28. The molecule has 0 saturated heterocycles. The Morgan fingerprint density at radius 2 is 2.12 bits per heavy atom. The van der Waals surface area contributed by atoms with Crippen molar-refractivity contribution in [2.24, 2.45) is 0 Å². The van der Waals surface area contributed by atoms with Gasteiger partial charge in [-0.05, 0) is 30.0 Å². The van der Waals surface area contributed by atoms with Gasteiger partial charge in [-0.2, -0.15) is 0 Å². The van der Waals surface area contributed by atoms with Crippen LogP contribution in [-0.4, -0.2) is 5.11 Å². The summed E-state index contributed by atoms with van der Waals surface area (Å²) in [6, 6.07) is 6.54. The van der Waals surface area contributed by atoms with Crippen LogP contribution in [0, 0.1) is 12.7 Å². The van der Waals surface area contributed by atoms with E-state index in [-0.39, 0.29) is 10.6 Å². The predicted molar refractivity (Wildman–Crippen MR) is 64.5 cm³/mol. The third-order valence-electron chi connectivity index (χ3n) is 2.43. The number of benzene rings is 1. The Morgan fingerprint density at radius 3 is 2.75 bits per heavy atom. The molecule has 0 spiro atoms. The van der Waals surface area contributed by atoms with E-state index in [4.69, 9.17) is 11.6 Å². The summed E-state index contributed by atoms with van der Waals surface area (Å²) < 4.78 is 13.7. The maximum absolute atomic E-state index is 13.7. The molecule has 1 aromatic heterocycles. The van der Waals surface area contributed by atoms with Crippen LogP contribution < -0.4 is 0 Å². The highest BCUT2D eigenvalue weighted by molar-refractivity contribution is 7.10. The number of halogens is 2. The fraction of sp³-hybridized carbons (Fsp3) is 0.167. The summed E-state index contributed by atoms with van der Waals surface area (Å²) in [6.45, 7) is 1.89. The molecule has 84 valence electrons. The molecule has 0 aliphatic heterocycles. The van der Waals surface area contributed by atoms with Gasteiger partial charge in [0.2, 0.25) is 0 Å². The smallest absolute Gasteiger partial charge is 0.147 e. The van der Waals surface area contributed by atoms with Gasteiger partial charge in [0.05, 0.1) is 5.02 Å². The van der Waals surface area contributed by atoms with Gasteiger partial charge in [0.25, 0.3) is 0 Å². The molecular weight excluding hydrogens is 247 g/mol. The highest BCUT2D eigenvalue weighted by Crippen LogP contribution is 2.32. The number of aryl methyl sites for hydroxylation is 1. The first-order valence-corrected chi connectivity index (χ1v) is 6.03. The Labute approximate surface area is 102 Å². The van der Waals surface area contributed by atoms with Crippen LogP contribution in [-0.2, 0) is 0 Å². The van der Waals surface area contributed by atoms with Crippen molar-refractivity contribution in [2.45, 2.75) is 13.0 Å². The van der Waals surface area contributed by atoms with Crippen LogP contribution in [0.2, 0.25) is 5.02 Å². The van der Waals surface area contributed by atoms with Crippen LogP contribution in [0.4, 0.5) is 4.39 Å². The van der Waals surface area contributed by atoms with E-state index in [0.717, 1.165) is 10.4 Å². The minimum absolute atomic E-state index is 0.0331. The molecule has 0 aliphatic carbocycles. The van der Waals surface area contributed by atoms with Crippen molar-refractivity contribution in [2.75, 3.05) is 0 Å². The number of aliphatic hydroxyl groups is 1. The quantitative estimate of drug-likeness (QED) is 0.863. The first kappa shape index (κ1) is 11.6. The molecule has 1 unspecified atom stereocenters. The van der Waals surface area contributed by atoms with Gasteiger partial charge in [-0.3, -0.25) is 0 Å². The van der Waals surface area contributed by atoms with E-state index in [9.17, 15) is 9.50 Å². The SMILES string of the molecule is Cc1ccsc1C(O)c1cccc(Cl)c1F. The van der Waals surface area contributed by atoms with Gasteiger partial charge >= 0.3 is 0 Å². The largest absolute Gasteiger partial charge is 0.383 e. The summed E-state index contributed by atoms with van der Waals surface area (Å²) in [7, 11) is 0. The van der Waals surface area contributed by atoms with Crippen LogP contribution in [0.25, 0.3) is 0 Å². The fourth-order valence-corrected chi connectivity index (χ4v) is 2.65. The lowest BCUT2D eigenvalue weighted by molar-refractivity contribution is 0.218. The maximum atomic E-state index is 13.7. The van der Waals surface area contributed by atoms with Gasteiger partial charge in [0.15, 0.2) is 0 Å². The summed E-state index contributed by atoms with van der Waals surface area (Å²) in [6.07, 6.45) is -0.946. The number of hydrogen-bond acceptors (Lipinski definition) is 2. The Balaban J connectivity index is 2.46. The van der Waals surface area contributed by atoms with Gasteiger partial charge in [-0.25, -0.2) is 4.39 Å². The van der Waals surface area contributed by atoms with Crippen LogP contribution in [0.1, 0.15) is 22.1 Å². The summed E-state index contributed by atoms with van der Waals surface area (Å²) in [4.78, 5) is 0.751. The van der Waals surface area contributed by atoms with Crippen molar-refractivity contribution < 1.29 is 9.50 Å². The zero-order chi connectivity index (χ0) is 11.7. The molecule has 0 fully saturated rings. The van der Waals surface area contributed by atoms with Crippen molar-refractivity contribution in [1.82, 2.24) is 0 Å². The Morgan fingerprint density at radius 1 is 1.38 bits per heavy atom. The number of hydrogen-bond donors (Lipinski definition) is 1. The topological polar surface area (TPSA) is 20.2 Å². The van der Waals surface area contributed by atoms with Crippen LogP contribution in [0.3, 0.4) is 0 Å². The standard InChI is InChI=1S/C12H10ClFOS/c1-7-5-6-16-12(7)11(15)8-3-2-4-9(13)10(8)14/h2-6,11,15H,1H3. The van der Waals surface area contributed by atoms with Crippen LogP contribution in [0.15, 0.2) is 29.6 Å². The summed E-state index contributed by atoms with van der Waals surface area (Å²) in [5, 5.41) is 12.0. The molecule has 0 aliphatic rings. The zero-order valence-corrected chi connectivity index (χ0v) is 10.1. The lowest BCUT2D eigenvalue weighted by Crippen LogP contribution is -2.02. The molecule has 1 atom stereocenters. The van der Waals surface area contributed by atoms with E-state index >= 15 is 0 Å². The molecule has 2 aromatic rings. The van der Waals surface area contributed by atoms with Crippen LogP contribution >= 0.6 is 22.9 Å². The molecule has 1 aromatic carbocycles. The monoisotopic (exact) mass is 256 g/mol. The van der Waals surface area contributed by atoms with Gasteiger partial charge in [-0.15, -0.1) is 11.3 Å². The molecular formula is C12H10ClFOS. The Hall–Kier alpha value is -0.900. The normalized spacial score (nSPS) is 12.8. The minimum Gasteiger partial charge on any atom is -0.383 e. The Bertz CT molecular complexity index is 509. The molecule has 1 nitrogen and oxygen atoms in total. The third-order valence-corrected chi connectivity index (χ3v) is 3.79. The molecule has 2 rings (SSSR count). The lowest BCUT2D eigenvalue weighted by atomic mass is 10.1. The highest BCUT2D eigenvalue weighted by atomic mass is 35.5. The summed E-state index contributed by atoms with van der Waals surface area (Å²) >= 11 is 7.08. The fourth-order valence-electron chi connectivity index (χ4n) is 1.54. The molecule has 0 bridgehead atoms. The van der Waals surface area contributed by atoms with Crippen molar-refractivity contribution in [3.05, 3.63) is 56.5 Å². The molecule has 16 heavy (non-hydrogen) atoms. The maximum Gasteiger partial charge on any atom is 0.147 e. The van der Waals surface area contributed by atoms with Crippen molar-refractivity contribution in [3.8, 4) is 0 Å². The van der Waals surface area contributed by atoms with E-state index in [2.05, 4.69) is 0 Å². The van der Waals surface area contributed by atoms with E-state index in [1.54, 1.807) is 12.1 Å². The first-order valence-electron chi connectivity index (χ1n) is 4.77. The molecule has 1 heterocycles. The van der Waals surface area contributed by atoms with Crippen molar-refractivity contribution >= 4 is 22.9 Å². The van der Waals surface area contributed by atoms with E-state index in [0.29, 0.717) is 0 Å². The zero-order valence-electron chi connectivity index (χ0n) is 8.58. The summed E-state index contributed by atoms with van der Waals surface area (Å²) in [5.41, 5.74) is 1.18. The van der Waals surface area contributed by atoms with Gasteiger partial charge in [0.1, 0.15) is 11.9 Å². The summed E-state index contributed by atoms with van der Waals surface area (Å²) in [5.74, 6) is -0.551. The first-order chi connectivity index (χ1) is 7.61. The second-order valence-corrected chi connectivity index (χ2v) is 4.87. The lowest BCUT2D eigenvalue weighted by Gasteiger charge is -2.12. The van der Waals surface area contributed by atoms with Crippen LogP contribution in [0.5, 0.6) is 0 Å². The third kappa shape index (κ3) is 1.98. The average molecular weight is 257 g/mol. The van der Waals surface area contributed by atoms with Crippen molar-refractivity contribution in [1.29, 1.82) is 0 Å². The molecule has 0 amide bonds. The number of thiophene rings is 1. The van der Waals surface area contributed by atoms with Gasteiger partial charge < -0.3 is 5.11 Å². The molecule has 0 saturated carbocycles. The number of rotatable bonds is 2. The minimum atomic E-state index is -0.946. The highest BCUT2D eigenvalue weighted by Gasteiger charge is 2.19. The van der Waals surface area contributed by atoms with E-state index < -0.39 is 11.9 Å².